The summed E-state index contributed by atoms with van der Waals surface area (Å²) in [7, 11) is 0. The highest BCUT2D eigenvalue weighted by molar-refractivity contribution is 5.68. The highest BCUT2D eigenvalue weighted by Gasteiger charge is 2.14. The molecule has 1 aliphatic rings. The lowest BCUT2D eigenvalue weighted by molar-refractivity contribution is -0.176. The molecule has 0 radical (unpaired) electrons. The van der Waals surface area contributed by atoms with Crippen molar-refractivity contribution in [2.45, 2.75) is 52.2 Å². The molecule has 1 saturated carbocycles. The van der Waals surface area contributed by atoms with Crippen LogP contribution < -0.4 is 0 Å². The highest BCUT2D eigenvalue weighted by Crippen LogP contribution is 2.23. The topological polar surface area (TPSA) is 52.6 Å². The van der Waals surface area contributed by atoms with Crippen molar-refractivity contribution >= 4 is 11.9 Å². The van der Waals surface area contributed by atoms with E-state index in [1.54, 1.807) is 6.08 Å². The second-order valence-corrected chi connectivity index (χ2v) is 3.97. The van der Waals surface area contributed by atoms with Gasteiger partial charge in [-0.1, -0.05) is 12.0 Å². The van der Waals surface area contributed by atoms with Crippen molar-refractivity contribution in [1.82, 2.24) is 0 Å². The Morgan fingerprint density at radius 3 is 2.00 bits per heavy atom. The van der Waals surface area contributed by atoms with Gasteiger partial charge in [0.2, 0.25) is 0 Å². The van der Waals surface area contributed by atoms with E-state index in [1.165, 1.54) is 25.8 Å². The van der Waals surface area contributed by atoms with E-state index in [9.17, 15) is 9.59 Å². The summed E-state index contributed by atoms with van der Waals surface area (Å²) in [5.41, 5.74) is 1.21. The fraction of sp³-hybridized carbons (Fsp3) is 0.667. The average molecular weight is 226 g/mol. The number of esters is 2. The minimum Gasteiger partial charge on any atom is -0.421 e. The van der Waals surface area contributed by atoms with E-state index >= 15 is 0 Å². The van der Waals surface area contributed by atoms with Gasteiger partial charge in [0.15, 0.2) is 0 Å². The molecule has 4 nitrogen and oxygen atoms in total. The van der Waals surface area contributed by atoms with Gasteiger partial charge >= 0.3 is 11.9 Å². The van der Waals surface area contributed by atoms with Crippen molar-refractivity contribution in [2.24, 2.45) is 0 Å². The molecule has 0 unspecified atom stereocenters. The zero-order valence-corrected chi connectivity index (χ0v) is 9.82. The summed E-state index contributed by atoms with van der Waals surface area (Å²) in [6.07, 6.45) is 6.43. The first-order valence-electron chi connectivity index (χ1n) is 5.62. The molecule has 90 valence electrons. The first kappa shape index (κ1) is 12.7. The number of rotatable bonds is 3. The maximum absolute atomic E-state index is 10.8. The normalized spacial score (nSPS) is 15.8. The summed E-state index contributed by atoms with van der Waals surface area (Å²) in [5, 5.41) is 0. The van der Waals surface area contributed by atoms with Crippen molar-refractivity contribution in [3.05, 3.63) is 11.6 Å². The van der Waals surface area contributed by atoms with Crippen LogP contribution in [0, 0.1) is 0 Å². The van der Waals surface area contributed by atoms with E-state index in [0.29, 0.717) is 0 Å². The van der Waals surface area contributed by atoms with Crippen LogP contribution >= 0.6 is 0 Å². The fourth-order valence-corrected chi connectivity index (χ4v) is 1.78. The minimum absolute atomic E-state index is 0.445. The van der Waals surface area contributed by atoms with E-state index in [-0.39, 0.29) is 0 Å². The van der Waals surface area contributed by atoms with Crippen LogP contribution in [0.3, 0.4) is 0 Å². The number of allylic oxidation sites excluding steroid dienone is 1. The van der Waals surface area contributed by atoms with Crippen molar-refractivity contribution in [1.29, 1.82) is 0 Å². The average Bonchev–Trinajstić information content (AvgIpc) is 2.16. The Balaban J connectivity index is 2.59. The summed E-state index contributed by atoms with van der Waals surface area (Å²) in [5.74, 6) is -0.891. The van der Waals surface area contributed by atoms with Crippen molar-refractivity contribution in [3.8, 4) is 0 Å². The van der Waals surface area contributed by atoms with Crippen LogP contribution in [0.15, 0.2) is 11.6 Å². The molecule has 0 aliphatic heterocycles. The third-order valence-electron chi connectivity index (χ3n) is 2.43. The van der Waals surface area contributed by atoms with Gasteiger partial charge in [-0.15, -0.1) is 0 Å². The zero-order valence-electron chi connectivity index (χ0n) is 9.82. The smallest absolute Gasteiger partial charge is 0.305 e. The van der Waals surface area contributed by atoms with Crippen molar-refractivity contribution in [3.63, 3.8) is 0 Å². The molecule has 0 aromatic rings. The van der Waals surface area contributed by atoms with Gasteiger partial charge < -0.3 is 9.47 Å². The van der Waals surface area contributed by atoms with Gasteiger partial charge in [0.25, 0.3) is 6.29 Å². The number of carbonyl (C=O) groups is 2. The molecule has 0 atom stereocenters. The molecule has 1 aliphatic carbocycles. The monoisotopic (exact) mass is 226 g/mol. The summed E-state index contributed by atoms with van der Waals surface area (Å²) in [6.45, 7) is 2.60. The van der Waals surface area contributed by atoms with Gasteiger partial charge in [-0.2, -0.15) is 0 Å². The van der Waals surface area contributed by atoms with Gasteiger partial charge in [-0.05, 0) is 31.8 Å². The van der Waals surface area contributed by atoms with E-state index in [1.807, 2.05) is 0 Å². The Hall–Kier alpha value is -1.32. The molecule has 4 heteroatoms. The SMILES string of the molecule is CC(=O)OC(C=C1CCCCC1)OC(C)=O. The van der Waals surface area contributed by atoms with E-state index < -0.39 is 18.2 Å². The van der Waals surface area contributed by atoms with Crippen molar-refractivity contribution in [2.75, 3.05) is 0 Å². The Labute approximate surface area is 95.6 Å². The Morgan fingerprint density at radius 1 is 1.06 bits per heavy atom. The Bertz CT molecular complexity index is 269. The first-order chi connectivity index (χ1) is 7.58. The van der Waals surface area contributed by atoms with Gasteiger partial charge in [0.1, 0.15) is 0 Å². The maximum atomic E-state index is 10.8. The van der Waals surface area contributed by atoms with Crippen LogP contribution in [0.1, 0.15) is 46.0 Å². The molecular formula is C12H18O4. The molecule has 0 heterocycles. The molecule has 1 rings (SSSR count). The predicted molar refractivity (Wildman–Crippen MR) is 58.5 cm³/mol. The second kappa shape index (κ2) is 6.30. The lowest BCUT2D eigenvalue weighted by Gasteiger charge is -2.18. The molecule has 0 bridgehead atoms. The quantitative estimate of drug-likeness (QED) is 0.421. The largest absolute Gasteiger partial charge is 0.421 e. The van der Waals surface area contributed by atoms with Crippen LogP contribution in [-0.4, -0.2) is 18.2 Å². The summed E-state index contributed by atoms with van der Waals surface area (Å²) in [4.78, 5) is 21.7. The number of hydrogen-bond acceptors (Lipinski definition) is 4. The molecule has 1 fully saturated rings. The van der Waals surface area contributed by atoms with Crippen LogP contribution in [0.4, 0.5) is 0 Å². The van der Waals surface area contributed by atoms with Crippen molar-refractivity contribution < 1.29 is 19.1 Å². The first-order valence-corrected chi connectivity index (χ1v) is 5.62. The van der Waals surface area contributed by atoms with Crippen LogP contribution in [0.5, 0.6) is 0 Å². The zero-order chi connectivity index (χ0) is 12.0. The molecule has 0 N–H and O–H groups in total. The van der Waals surface area contributed by atoms with E-state index in [4.69, 9.17) is 9.47 Å². The molecular weight excluding hydrogens is 208 g/mol. The predicted octanol–water partition coefficient (Wildman–Crippen LogP) is 2.33. The van der Waals surface area contributed by atoms with E-state index in [0.717, 1.165) is 25.7 Å². The molecule has 0 saturated heterocycles. The fourth-order valence-electron chi connectivity index (χ4n) is 1.78. The maximum Gasteiger partial charge on any atom is 0.305 e. The molecule has 0 amide bonds. The molecule has 0 aromatic heterocycles. The summed E-state index contributed by atoms with van der Waals surface area (Å²) in [6, 6.07) is 0. The molecule has 0 aromatic carbocycles. The third kappa shape index (κ3) is 4.96. The molecule has 16 heavy (non-hydrogen) atoms. The standard InChI is InChI=1S/C12H18O4/c1-9(13)15-12(16-10(2)14)8-11-6-4-3-5-7-11/h8,12H,3-7H2,1-2H3. The molecule has 0 spiro atoms. The van der Waals surface area contributed by atoms with Crippen LogP contribution in [0.2, 0.25) is 0 Å². The minimum atomic E-state index is -0.858. The second-order valence-electron chi connectivity index (χ2n) is 3.97. The Kier molecular flexibility index (Phi) is 5.02. The van der Waals surface area contributed by atoms with Crippen LogP contribution in [0.25, 0.3) is 0 Å². The summed E-state index contributed by atoms with van der Waals surface area (Å²) >= 11 is 0. The Morgan fingerprint density at radius 2 is 1.56 bits per heavy atom. The number of hydrogen-bond donors (Lipinski definition) is 0. The number of ether oxygens (including phenoxy) is 2. The highest BCUT2D eigenvalue weighted by atomic mass is 16.7. The third-order valence-corrected chi connectivity index (χ3v) is 2.43. The van der Waals surface area contributed by atoms with Gasteiger partial charge in [-0.3, -0.25) is 9.59 Å². The summed E-state index contributed by atoms with van der Waals surface area (Å²) < 4.78 is 9.81. The van der Waals surface area contributed by atoms with Gasteiger partial charge in [0.05, 0.1) is 0 Å². The van der Waals surface area contributed by atoms with Gasteiger partial charge in [-0.25, -0.2) is 0 Å². The lowest BCUT2D eigenvalue weighted by Crippen LogP contribution is -2.21. The van der Waals surface area contributed by atoms with Gasteiger partial charge in [0, 0.05) is 13.8 Å². The van der Waals surface area contributed by atoms with E-state index in [2.05, 4.69) is 0 Å². The van der Waals surface area contributed by atoms with Crippen LogP contribution in [-0.2, 0) is 19.1 Å². The lowest BCUT2D eigenvalue weighted by atomic mass is 9.95. The number of carbonyl (C=O) groups excluding carboxylic acids is 2.